The molecule has 2 N–H and O–H groups in total. The van der Waals surface area contributed by atoms with Crippen LogP contribution in [0.5, 0.6) is 0 Å². The van der Waals surface area contributed by atoms with Crippen molar-refractivity contribution in [3.05, 3.63) is 50.7 Å². The van der Waals surface area contributed by atoms with E-state index in [9.17, 15) is 9.59 Å². The molecule has 8 heteroatoms. The summed E-state index contributed by atoms with van der Waals surface area (Å²) in [6, 6.07) is 6.42. The van der Waals surface area contributed by atoms with Gasteiger partial charge in [-0.3, -0.25) is 9.59 Å². The molecule has 2 aliphatic rings. The summed E-state index contributed by atoms with van der Waals surface area (Å²) in [7, 11) is 3.26. The summed E-state index contributed by atoms with van der Waals surface area (Å²) >= 11 is 9.90. The van der Waals surface area contributed by atoms with Crippen LogP contribution in [-0.4, -0.2) is 43.4 Å². The Balaban J connectivity index is 2.11. The number of carbonyl (C=O) groups is 2. The van der Waals surface area contributed by atoms with Gasteiger partial charge in [-0.25, -0.2) is 4.39 Å². The topological polar surface area (TPSA) is 61.4 Å². The summed E-state index contributed by atoms with van der Waals surface area (Å²) in [6.45, 7) is 7.04. The van der Waals surface area contributed by atoms with Gasteiger partial charge in [-0.1, -0.05) is 44.5 Å². The Labute approximate surface area is 207 Å². The third-order valence-electron chi connectivity index (χ3n) is 6.54. The van der Waals surface area contributed by atoms with Crippen LogP contribution in [0.15, 0.2) is 28.7 Å². The normalized spacial score (nSPS) is 21.9. The Morgan fingerprint density at radius 3 is 2.67 bits per heavy atom. The number of rotatable bonds is 3. The first-order valence-corrected chi connectivity index (χ1v) is 12.1. The highest BCUT2D eigenvalue weighted by Crippen LogP contribution is 2.54. The molecule has 2 aromatic rings. The van der Waals surface area contributed by atoms with Gasteiger partial charge in [0, 0.05) is 42.5 Å². The third-order valence-corrected chi connectivity index (χ3v) is 7.45. The average molecular weight is 537 g/mol. The lowest BCUT2D eigenvalue weighted by Gasteiger charge is -2.35. The first-order chi connectivity index (χ1) is 15.4. The van der Waals surface area contributed by atoms with E-state index in [4.69, 9.17) is 11.6 Å². The molecule has 1 spiro atoms. The van der Waals surface area contributed by atoms with Crippen molar-refractivity contribution in [3.8, 4) is 11.1 Å². The second-order valence-electron chi connectivity index (χ2n) is 10.3. The van der Waals surface area contributed by atoms with Crippen LogP contribution < -0.4 is 10.6 Å². The van der Waals surface area contributed by atoms with Gasteiger partial charge in [0.25, 0.3) is 5.91 Å². The number of carbonyl (C=O) groups excluding carboxylic acids is 2. The zero-order valence-electron chi connectivity index (χ0n) is 19.4. The number of nitrogens with zero attached hydrogens (tertiary/aromatic N) is 1. The fourth-order valence-electron chi connectivity index (χ4n) is 5.18. The minimum absolute atomic E-state index is 0.0477. The van der Waals surface area contributed by atoms with E-state index < -0.39 is 11.2 Å². The van der Waals surface area contributed by atoms with E-state index in [0.29, 0.717) is 29.8 Å². The highest BCUT2D eigenvalue weighted by molar-refractivity contribution is 9.10. The number of benzene rings is 2. The maximum Gasteiger partial charge on any atom is 0.255 e. The van der Waals surface area contributed by atoms with Gasteiger partial charge in [0.2, 0.25) is 5.91 Å². The molecule has 0 saturated carbocycles. The molecule has 176 valence electrons. The van der Waals surface area contributed by atoms with Gasteiger partial charge in [-0.15, -0.1) is 0 Å². The van der Waals surface area contributed by atoms with E-state index in [-0.39, 0.29) is 43.9 Å². The summed E-state index contributed by atoms with van der Waals surface area (Å²) < 4.78 is 15.8. The Hall–Kier alpha value is -1.96. The largest absolute Gasteiger partial charge is 0.345 e. The predicted molar refractivity (Wildman–Crippen MR) is 133 cm³/mol. The molecule has 2 heterocycles. The van der Waals surface area contributed by atoms with E-state index >= 15 is 4.39 Å². The van der Waals surface area contributed by atoms with E-state index in [0.717, 1.165) is 6.42 Å². The minimum atomic E-state index is -0.932. The SMILES string of the molecule is CN(C)C(=O)c1c(Cl)cc2c(c1-c1cccc(Br)c1F)[C@]1(CCN[C@@H]1CC(C)(C)C)C(=O)N2. The Bertz CT molecular complexity index is 1160. The van der Waals surface area contributed by atoms with Crippen LogP contribution in [0.25, 0.3) is 11.1 Å². The summed E-state index contributed by atoms with van der Waals surface area (Å²) in [6.07, 6.45) is 1.28. The molecule has 5 nitrogen and oxygen atoms in total. The highest BCUT2D eigenvalue weighted by atomic mass is 79.9. The molecule has 4 rings (SSSR count). The molecule has 0 aliphatic carbocycles. The van der Waals surface area contributed by atoms with Crippen LogP contribution in [0.3, 0.4) is 0 Å². The first-order valence-electron chi connectivity index (χ1n) is 11.0. The van der Waals surface area contributed by atoms with Crippen molar-refractivity contribution in [2.24, 2.45) is 5.41 Å². The summed E-state index contributed by atoms with van der Waals surface area (Å²) in [5, 5.41) is 6.70. The summed E-state index contributed by atoms with van der Waals surface area (Å²) in [4.78, 5) is 28.4. The number of hydrogen-bond acceptors (Lipinski definition) is 3. The lowest BCUT2D eigenvalue weighted by atomic mass is 9.68. The van der Waals surface area contributed by atoms with Gasteiger partial charge in [-0.2, -0.15) is 0 Å². The zero-order valence-corrected chi connectivity index (χ0v) is 21.7. The van der Waals surface area contributed by atoms with Crippen molar-refractivity contribution < 1.29 is 14.0 Å². The number of hydrogen-bond donors (Lipinski definition) is 2. The van der Waals surface area contributed by atoms with E-state index in [2.05, 4.69) is 47.3 Å². The van der Waals surface area contributed by atoms with Gasteiger partial charge in [0.1, 0.15) is 5.82 Å². The van der Waals surface area contributed by atoms with Crippen molar-refractivity contribution >= 4 is 45.0 Å². The smallest absolute Gasteiger partial charge is 0.255 e. The van der Waals surface area contributed by atoms with Crippen molar-refractivity contribution in [3.63, 3.8) is 0 Å². The lowest BCUT2D eigenvalue weighted by Crippen LogP contribution is -2.47. The maximum atomic E-state index is 15.5. The van der Waals surface area contributed by atoms with Crippen LogP contribution in [0.4, 0.5) is 10.1 Å². The van der Waals surface area contributed by atoms with Crippen molar-refractivity contribution in [1.82, 2.24) is 10.2 Å². The Kier molecular flexibility index (Phi) is 6.13. The lowest BCUT2D eigenvalue weighted by molar-refractivity contribution is -0.121. The van der Waals surface area contributed by atoms with Crippen molar-refractivity contribution in [1.29, 1.82) is 0 Å². The summed E-state index contributed by atoms with van der Waals surface area (Å²) in [5.74, 6) is -0.980. The van der Waals surface area contributed by atoms with Gasteiger partial charge >= 0.3 is 0 Å². The third kappa shape index (κ3) is 3.88. The molecule has 2 atom stereocenters. The second-order valence-corrected chi connectivity index (χ2v) is 11.5. The molecule has 2 aromatic carbocycles. The molecule has 0 radical (unpaired) electrons. The Morgan fingerprint density at radius 2 is 2.03 bits per heavy atom. The molecule has 1 saturated heterocycles. The maximum absolute atomic E-state index is 15.5. The molecule has 1 fully saturated rings. The first kappa shape index (κ1) is 24.2. The van der Waals surface area contributed by atoms with Gasteiger partial charge in [-0.05, 0) is 52.9 Å². The van der Waals surface area contributed by atoms with Crippen LogP contribution in [0.1, 0.15) is 49.5 Å². The van der Waals surface area contributed by atoms with Gasteiger partial charge < -0.3 is 15.5 Å². The quantitative estimate of drug-likeness (QED) is 0.537. The molecule has 2 amide bonds. The molecule has 0 aromatic heterocycles. The van der Waals surface area contributed by atoms with Crippen LogP contribution in [-0.2, 0) is 10.2 Å². The van der Waals surface area contributed by atoms with Crippen LogP contribution in [0.2, 0.25) is 5.02 Å². The monoisotopic (exact) mass is 535 g/mol. The molecule has 0 unspecified atom stereocenters. The Morgan fingerprint density at radius 1 is 1.33 bits per heavy atom. The number of amides is 2. The number of nitrogens with one attached hydrogen (secondary N) is 2. The van der Waals surface area contributed by atoms with E-state index in [1.54, 1.807) is 38.4 Å². The van der Waals surface area contributed by atoms with Crippen molar-refractivity contribution in [2.45, 2.75) is 45.1 Å². The number of anilines is 1. The fraction of sp³-hybridized carbons (Fsp3) is 0.440. The minimum Gasteiger partial charge on any atom is -0.345 e. The molecular weight excluding hydrogens is 509 g/mol. The molecule has 2 aliphatic heterocycles. The predicted octanol–water partition coefficient (Wildman–Crippen LogP) is 5.60. The standard InChI is InChI=1S/C25H28BrClFN3O2/c1-24(2,3)12-17-25(9-10-29-17)20-16(30-23(25)33)11-15(27)19(22(32)31(4)5)18(20)13-7-6-8-14(26)21(13)28/h6-8,11,17,29H,9-10,12H2,1-5H3,(H,30,33)/t17-,25-/m1/s1. The van der Waals surface area contributed by atoms with Crippen LogP contribution in [0, 0.1) is 11.2 Å². The van der Waals surface area contributed by atoms with E-state index in [1.165, 1.54) is 4.90 Å². The highest BCUT2D eigenvalue weighted by Gasteiger charge is 2.57. The summed E-state index contributed by atoms with van der Waals surface area (Å²) in [5.41, 5.74) is 1.04. The van der Waals surface area contributed by atoms with Crippen molar-refractivity contribution in [2.75, 3.05) is 26.0 Å². The van der Waals surface area contributed by atoms with Crippen LogP contribution >= 0.6 is 27.5 Å². The van der Waals surface area contributed by atoms with E-state index in [1.807, 2.05) is 0 Å². The average Bonchev–Trinajstić information content (AvgIpc) is 3.23. The second kappa shape index (κ2) is 8.36. The molecule has 0 bridgehead atoms. The van der Waals surface area contributed by atoms with Gasteiger partial charge in [0.05, 0.1) is 20.5 Å². The molecule has 33 heavy (non-hydrogen) atoms. The van der Waals surface area contributed by atoms with Gasteiger partial charge in [0.15, 0.2) is 0 Å². The molecular formula is C25H28BrClFN3O2. The number of fused-ring (bicyclic) bond motifs is 2. The fourth-order valence-corrected chi connectivity index (χ4v) is 5.83. The number of halogens is 3. The zero-order chi connectivity index (χ0) is 24.3.